The van der Waals surface area contributed by atoms with Crippen molar-refractivity contribution in [1.82, 2.24) is 10.3 Å². The van der Waals surface area contributed by atoms with Gasteiger partial charge in [0, 0.05) is 17.8 Å². The Morgan fingerprint density at radius 3 is 3.00 bits per heavy atom. The van der Waals surface area contributed by atoms with Crippen molar-refractivity contribution < 1.29 is 4.74 Å². The summed E-state index contributed by atoms with van der Waals surface area (Å²) >= 11 is 0. The molecule has 82 valence electrons. The molecule has 1 aliphatic rings. The molecule has 1 aromatic rings. The highest BCUT2D eigenvalue weighted by Gasteiger charge is 2.33. The minimum Gasteiger partial charge on any atom is -0.495 e. The van der Waals surface area contributed by atoms with Crippen molar-refractivity contribution in [3.8, 4) is 5.75 Å². The molecule has 0 aromatic carbocycles. The molecule has 15 heavy (non-hydrogen) atoms. The van der Waals surface area contributed by atoms with E-state index in [2.05, 4.69) is 23.3 Å². The molecule has 1 aliphatic carbocycles. The third kappa shape index (κ3) is 2.29. The summed E-state index contributed by atoms with van der Waals surface area (Å²) in [5.74, 6) is 1.68. The van der Waals surface area contributed by atoms with E-state index in [4.69, 9.17) is 4.74 Å². The first-order valence-corrected chi connectivity index (χ1v) is 5.58. The lowest BCUT2D eigenvalue weighted by Gasteiger charge is -2.19. The summed E-state index contributed by atoms with van der Waals surface area (Å²) in [6, 6.07) is 2.50. The fraction of sp³-hybridized carbons (Fsp3) is 0.583. The summed E-state index contributed by atoms with van der Waals surface area (Å²) < 4.78 is 5.35. The van der Waals surface area contributed by atoms with Gasteiger partial charge in [0.1, 0.15) is 5.75 Å². The molecule has 1 fully saturated rings. The van der Waals surface area contributed by atoms with Crippen molar-refractivity contribution in [3.05, 3.63) is 24.0 Å². The first-order valence-electron chi connectivity index (χ1n) is 5.58. The van der Waals surface area contributed by atoms with Gasteiger partial charge in [-0.25, -0.2) is 0 Å². The average Bonchev–Trinajstić information content (AvgIpc) is 3.10. The van der Waals surface area contributed by atoms with Gasteiger partial charge in [-0.15, -0.1) is 0 Å². The number of hydrogen-bond donors (Lipinski definition) is 1. The van der Waals surface area contributed by atoms with Gasteiger partial charge in [-0.05, 0) is 31.4 Å². The van der Waals surface area contributed by atoms with Crippen LogP contribution < -0.4 is 10.1 Å². The third-order valence-corrected chi connectivity index (χ3v) is 2.89. The number of rotatable bonds is 5. The molecule has 0 amide bonds. The highest BCUT2D eigenvalue weighted by molar-refractivity contribution is 5.34. The maximum Gasteiger partial charge on any atom is 0.141 e. The Balaban J connectivity index is 2.23. The predicted molar refractivity (Wildman–Crippen MR) is 59.9 cm³/mol. The molecular formula is C12H18N2O. The van der Waals surface area contributed by atoms with Crippen molar-refractivity contribution in [2.45, 2.75) is 25.8 Å². The molecule has 1 aromatic heterocycles. The first kappa shape index (κ1) is 10.4. The van der Waals surface area contributed by atoms with E-state index in [-0.39, 0.29) is 0 Å². The van der Waals surface area contributed by atoms with Gasteiger partial charge in [0.2, 0.25) is 0 Å². The molecule has 1 unspecified atom stereocenters. The van der Waals surface area contributed by atoms with E-state index >= 15 is 0 Å². The second-order valence-electron chi connectivity index (χ2n) is 3.99. The standard InChI is InChI=1S/C12H18N2O/c1-3-14-12(9-4-5-9)10-6-7-13-8-11(10)15-2/h6-9,12,14H,3-5H2,1-2H3. The van der Waals surface area contributed by atoms with E-state index < -0.39 is 0 Å². The van der Waals surface area contributed by atoms with Gasteiger partial charge < -0.3 is 10.1 Å². The molecule has 1 heterocycles. The maximum atomic E-state index is 5.35. The van der Waals surface area contributed by atoms with Crippen molar-refractivity contribution >= 4 is 0 Å². The highest BCUT2D eigenvalue weighted by atomic mass is 16.5. The van der Waals surface area contributed by atoms with Crippen LogP contribution in [-0.2, 0) is 0 Å². The summed E-state index contributed by atoms with van der Waals surface area (Å²) in [6.45, 7) is 3.13. The van der Waals surface area contributed by atoms with Gasteiger partial charge >= 0.3 is 0 Å². The van der Waals surface area contributed by atoms with Crippen LogP contribution in [0.5, 0.6) is 5.75 Å². The van der Waals surface area contributed by atoms with Crippen LogP contribution in [0.2, 0.25) is 0 Å². The van der Waals surface area contributed by atoms with Gasteiger partial charge in [-0.1, -0.05) is 6.92 Å². The third-order valence-electron chi connectivity index (χ3n) is 2.89. The first-order chi connectivity index (χ1) is 7.36. The lowest BCUT2D eigenvalue weighted by atomic mass is 10.0. The Kier molecular flexibility index (Phi) is 3.21. The molecule has 0 radical (unpaired) electrons. The molecule has 3 nitrogen and oxygen atoms in total. The molecule has 0 saturated heterocycles. The summed E-state index contributed by atoms with van der Waals surface area (Å²) in [4.78, 5) is 4.09. The average molecular weight is 206 g/mol. The molecule has 1 atom stereocenters. The second-order valence-corrected chi connectivity index (χ2v) is 3.99. The van der Waals surface area contributed by atoms with E-state index in [0.717, 1.165) is 18.2 Å². The number of nitrogens with one attached hydrogen (secondary N) is 1. The fourth-order valence-corrected chi connectivity index (χ4v) is 2.00. The van der Waals surface area contributed by atoms with Gasteiger partial charge in [0.25, 0.3) is 0 Å². The number of hydrogen-bond acceptors (Lipinski definition) is 3. The minimum absolute atomic E-state index is 0.438. The fourth-order valence-electron chi connectivity index (χ4n) is 2.00. The SMILES string of the molecule is CCNC(c1ccncc1OC)C1CC1. The zero-order valence-corrected chi connectivity index (χ0v) is 9.36. The predicted octanol–water partition coefficient (Wildman–Crippen LogP) is 2.15. The minimum atomic E-state index is 0.438. The van der Waals surface area contributed by atoms with Crippen molar-refractivity contribution in [3.63, 3.8) is 0 Å². The Morgan fingerprint density at radius 2 is 2.40 bits per heavy atom. The number of pyridine rings is 1. The summed E-state index contributed by atoms with van der Waals surface area (Å²) in [6.07, 6.45) is 6.28. The lowest BCUT2D eigenvalue weighted by molar-refractivity contribution is 0.391. The summed E-state index contributed by atoms with van der Waals surface area (Å²) in [5.41, 5.74) is 1.25. The zero-order valence-electron chi connectivity index (χ0n) is 9.36. The van der Waals surface area contributed by atoms with Crippen LogP contribution in [0.15, 0.2) is 18.5 Å². The van der Waals surface area contributed by atoms with Gasteiger partial charge in [-0.3, -0.25) is 4.98 Å². The van der Waals surface area contributed by atoms with Crippen LogP contribution in [0, 0.1) is 5.92 Å². The summed E-state index contributed by atoms with van der Waals surface area (Å²) in [7, 11) is 1.70. The molecule has 0 bridgehead atoms. The van der Waals surface area contributed by atoms with Crippen LogP contribution >= 0.6 is 0 Å². The molecule has 3 heteroatoms. The van der Waals surface area contributed by atoms with Crippen molar-refractivity contribution in [1.29, 1.82) is 0 Å². The number of methoxy groups -OCH3 is 1. The Hall–Kier alpha value is -1.09. The quantitative estimate of drug-likeness (QED) is 0.801. The van der Waals surface area contributed by atoms with Crippen LogP contribution in [-0.4, -0.2) is 18.6 Å². The van der Waals surface area contributed by atoms with Gasteiger partial charge in [0.05, 0.1) is 13.3 Å². The van der Waals surface area contributed by atoms with E-state index in [1.54, 1.807) is 13.3 Å². The number of aromatic nitrogens is 1. The van der Waals surface area contributed by atoms with Crippen molar-refractivity contribution in [2.75, 3.05) is 13.7 Å². The van der Waals surface area contributed by atoms with Gasteiger partial charge in [0.15, 0.2) is 0 Å². The monoisotopic (exact) mass is 206 g/mol. The number of ether oxygens (including phenoxy) is 1. The van der Waals surface area contributed by atoms with E-state index in [1.165, 1.54) is 18.4 Å². The van der Waals surface area contributed by atoms with Crippen LogP contribution in [0.4, 0.5) is 0 Å². The van der Waals surface area contributed by atoms with Crippen molar-refractivity contribution in [2.24, 2.45) is 5.92 Å². The van der Waals surface area contributed by atoms with Gasteiger partial charge in [-0.2, -0.15) is 0 Å². The molecular weight excluding hydrogens is 188 g/mol. The molecule has 2 rings (SSSR count). The Labute approximate surface area is 90.9 Å². The molecule has 0 spiro atoms. The van der Waals surface area contributed by atoms with Crippen LogP contribution in [0.25, 0.3) is 0 Å². The topological polar surface area (TPSA) is 34.2 Å². The Morgan fingerprint density at radius 1 is 1.60 bits per heavy atom. The maximum absolute atomic E-state index is 5.35. The largest absolute Gasteiger partial charge is 0.495 e. The number of nitrogens with zero attached hydrogens (tertiary/aromatic N) is 1. The van der Waals surface area contributed by atoms with E-state index in [9.17, 15) is 0 Å². The Bertz CT molecular complexity index is 323. The highest BCUT2D eigenvalue weighted by Crippen LogP contribution is 2.43. The smallest absolute Gasteiger partial charge is 0.141 e. The molecule has 1 N–H and O–H groups in total. The van der Waals surface area contributed by atoms with E-state index in [1.807, 2.05) is 6.20 Å². The van der Waals surface area contributed by atoms with Crippen LogP contribution in [0.1, 0.15) is 31.4 Å². The zero-order chi connectivity index (χ0) is 10.7. The molecule has 1 saturated carbocycles. The summed E-state index contributed by atoms with van der Waals surface area (Å²) in [5, 5.41) is 3.53. The molecule has 0 aliphatic heterocycles. The van der Waals surface area contributed by atoms with Crippen LogP contribution in [0.3, 0.4) is 0 Å². The second kappa shape index (κ2) is 4.62. The normalized spacial score (nSPS) is 17.5. The lowest BCUT2D eigenvalue weighted by Crippen LogP contribution is -2.23. The van der Waals surface area contributed by atoms with E-state index in [0.29, 0.717) is 6.04 Å².